The molecule has 0 bridgehead atoms. The van der Waals surface area contributed by atoms with Gasteiger partial charge in [0.15, 0.2) is 0 Å². The third-order valence-electron chi connectivity index (χ3n) is 3.78. The van der Waals surface area contributed by atoms with Gasteiger partial charge in [-0.15, -0.1) is 0 Å². The van der Waals surface area contributed by atoms with Crippen molar-refractivity contribution >= 4 is 5.78 Å². The van der Waals surface area contributed by atoms with Crippen molar-refractivity contribution in [2.24, 2.45) is 0 Å². The minimum absolute atomic E-state index is 0.0116. The van der Waals surface area contributed by atoms with E-state index in [4.69, 9.17) is 14.2 Å². The second-order valence-corrected chi connectivity index (χ2v) is 6.15. The summed E-state index contributed by atoms with van der Waals surface area (Å²) >= 11 is 0. The van der Waals surface area contributed by atoms with Crippen molar-refractivity contribution < 1.29 is 23.4 Å². The summed E-state index contributed by atoms with van der Waals surface area (Å²) < 4.78 is 31.5. The molecule has 5 heteroatoms. The molecular formula is C22H27FO4. The van der Waals surface area contributed by atoms with Crippen LogP contribution in [0.3, 0.4) is 0 Å². The second kappa shape index (κ2) is 10.6. The number of halogens is 1. The lowest BCUT2D eigenvalue weighted by Crippen LogP contribution is -2.12. The topological polar surface area (TPSA) is 44.8 Å². The molecule has 146 valence electrons. The van der Waals surface area contributed by atoms with Crippen molar-refractivity contribution in [3.05, 3.63) is 53.3 Å². The first-order valence-corrected chi connectivity index (χ1v) is 9.47. The molecule has 0 aliphatic heterocycles. The molecule has 0 heterocycles. The number of rotatable bonds is 11. The lowest BCUT2D eigenvalue weighted by Gasteiger charge is -2.18. The predicted molar refractivity (Wildman–Crippen MR) is 104 cm³/mol. The third-order valence-corrected chi connectivity index (χ3v) is 3.78. The summed E-state index contributed by atoms with van der Waals surface area (Å²) in [6, 6.07) is 9.28. The predicted octanol–water partition coefficient (Wildman–Crippen LogP) is 5.42. The molecule has 27 heavy (non-hydrogen) atoms. The van der Waals surface area contributed by atoms with Crippen molar-refractivity contribution in [1.82, 2.24) is 0 Å². The lowest BCUT2D eigenvalue weighted by molar-refractivity contribution is 0.102. The maximum absolute atomic E-state index is 14.2. The van der Waals surface area contributed by atoms with Crippen molar-refractivity contribution in [3.8, 4) is 17.2 Å². The smallest absolute Gasteiger partial charge is 0.203 e. The van der Waals surface area contributed by atoms with E-state index in [1.807, 2.05) is 20.8 Å². The monoisotopic (exact) mass is 374 g/mol. The number of carbonyl (C=O) groups excluding carboxylic acids is 1. The molecule has 0 saturated heterocycles. The van der Waals surface area contributed by atoms with Crippen LogP contribution in [0.2, 0.25) is 0 Å². The Morgan fingerprint density at radius 3 is 1.89 bits per heavy atom. The van der Waals surface area contributed by atoms with Gasteiger partial charge < -0.3 is 14.2 Å². The Kier molecular flexibility index (Phi) is 8.11. The Hall–Kier alpha value is -2.56. The molecule has 0 atom stereocenters. The van der Waals surface area contributed by atoms with E-state index in [-0.39, 0.29) is 11.1 Å². The molecule has 0 saturated carbocycles. The summed E-state index contributed by atoms with van der Waals surface area (Å²) in [5.74, 6) is 0.234. The second-order valence-electron chi connectivity index (χ2n) is 6.15. The molecular weight excluding hydrogens is 347 g/mol. The zero-order chi connectivity index (χ0) is 19.6. The summed E-state index contributed by atoms with van der Waals surface area (Å²) in [5, 5.41) is 0. The van der Waals surface area contributed by atoms with Crippen molar-refractivity contribution in [2.75, 3.05) is 19.8 Å². The van der Waals surface area contributed by atoms with Crippen LogP contribution in [0.4, 0.5) is 4.39 Å². The quantitative estimate of drug-likeness (QED) is 0.493. The molecule has 0 spiro atoms. The van der Waals surface area contributed by atoms with Crippen LogP contribution >= 0.6 is 0 Å². The van der Waals surface area contributed by atoms with Gasteiger partial charge in [0.05, 0.1) is 25.4 Å². The maximum atomic E-state index is 14.2. The average Bonchev–Trinajstić information content (AvgIpc) is 2.68. The van der Waals surface area contributed by atoms with E-state index in [9.17, 15) is 9.18 Å². The number of hydrogen-bond acceptors (Lipinski definition) is 4. The molecule has 2 rings (SSSR count). The van der Waals surface area contributed by atoms with Gasteiger partial charge in [-0.25, -0.2) is 4.39 Å². The zero-order valence-corrected chi connectivity index (χ0v) is 16.2. The van der Waals surface area contributed by atoms with Crippen LogP contribution in [0.25, 0.3) is 0 Å². The Morgan fingerprint density at radius 1 is 0.852 bits per heavy atom. The summed E-state index contributed by atoms with van der Waals surface area (Å²) in [4.78, 5) is 13.1. The van der Waals surface area contributed by atoms with E-state index in [0.29, 0.717) is 37.1 Å². The highest BCUT2D eigenvalue weighted by atomic mass is 19.1. The maximum Gasteiger partial charge on any atom is 0.203 e. The fourth-order valence-electron chi connectivity index (χ4n) is 2.52. The van der Waals surface area contributed by atoms with Crippen LogP contribution < -0.4 is 14.2 Å². The minimum Gasteiger partial charge on any atom is -0.493 e. The van der Waals surface area contributed by atoms with Crippen LogP contribution in [-0.2, 0) is 0 Å². The molecule has 0 fully saturated rings. The molecule has 0 amide bonds. The van der Waals surface area contributed by atoms with Crippen molar-refractivity contribution in [1.29, 1.82) is 0 Å². The van der Waals surface area contributed by atoms with Crippen LogP contribution in [-0.4, -0.2) is 25.6 Å². The van der Waals surface area contributed by atoms with Crippen LogP contribution in [0.15, 0.2) is 36.4 Å². The van der Waals surface area contributed by atoms with E-state index >= 15 is 0 Å². The van der Waals surface area contributed by atoms with E-state index < -0.39 is 11.6 Å². The Morgan fingerprint density at radius 2 is 1.37 bits per heavy atom. The largest absolute Gasteiger partial charge is 0.493 e. The zero-order valence-electron chi connectivity index (χ0n) is 16.2. The average molecular weight is 374 g/mol. The van der Waals surface area contributed by atoms with Crippen molar-refractivity contribution in [3.63, 3.8) is 0 Å². The van der Waals surface area contributed by atoms with Gasteiger partial charge in [-0.05, 0) is 31.4 Å². The third kappa shape index (κ3) is 5.46. The highest BCUT2D eigenvalue weighted by Crippen LogP contribution is 2.37. The fraction of sp³-hybridized carbons (Fsp3) is 0.409. The SMILES string of the molecule is CCCOc1cc(OCCC)c(C(=O)c2ccccc2F)c(OCCC)c1. The Bertz CT molecular complexity index is 729. The molecule has 0 radical (unpaired) electrons. The van der Waals surface area contributed by atoms with Gasteiger partial charge in [0.25, 0.3) is 0 Å². The molecule has 2 aromatic rings. The van der Waals surface area contributed by atoms with E-state index in [1.54, 1.807) is 24.3 Å². The van der Waals surface area contributed by atoms with Gasteiger partial charge in [0.1, 0.15) is 28.6 Å². The first-order chi connectivity index (χ1) is 13.1. The summed E-state index contributed by atoms with van der Waals surface area (Å²) in [7, 11) is 0. The first kappa shape index (κ1) is 20.7. The lowest BCUT2D eigenvalue weighted by atomic mass is 10.0. The number of carbonyl (C=O) groups is 1. The Balaban J connectivity index is 2.55. The van der Waals surface area contributed by atoms with Crippen LogP contribution in [0.1, 0.15) is 56.0 Å². The fourth-order valence-corrected chi connectivity index (χ4v) is 2.52. The molecule has 4 nitrogen and oxygen atoms in total. The summed E-state index contributed by atoms with van der Waals surface area (Å²) in [5.41, 5.74) is 0.216. The van der Waals surface area contributed by atoms with Gasteiger partial charge in [-0.1, -0.05) is 32.9 Å². The van der Waals surface area contributed by atoms with E-state index in [2.05, 4.69) is 0 Å². The standard InChI is InChI=1S/C22H27FO4/c1-4-11-25-16-14-19(26-12-5-2)21(20(15-16)27-13-6-3)22(24)17-9-7-8-10-18(17)23/h7-10,14-15H,4-6,11-13H2,1-3H3. The Labute approximate surface area is 160 Å². The number of ether oxygens (including phenoxy) is 3. The van der Waals surface area contributed by atoms with Crippen LogP contribution in [0.5, 0.6) is 17.2 Å². The summed E-state index contributed by atoms with van der Waals surface area (Å²) in [6.45, 7) is 7.37. The van der Waals surface area contributed by atoms with Gasteiger partial charge in [-0.2, -0.15) is 0 Å². The molecule has 2 aromatic carbocycles. The molecule has 0 aromatic heterocycles. The van der Waals surface area contributed by atoms with Gasteiger partial charge in [0, 0.05) is 12.1 Å². The van der Waals surface area contributed by atoms with Gasteiger partial charge in [0.2, 0.25) is 5.78 Å². The molecule has 0 unspecified atom stereocenters. The molecule has 0 aliphatic rings. The van der Waals surface area contributed by atoms with Crippen LogP contribution in [0, 0.1) is 5.82 Å². The van der Waals surface area contributed by atoms with E-state index in [0.717, 1.165) is 19.3 Å². The first-order valence-electron chi connectivity index (χ1n) is 9.47. The minimum atomic E-state index is -0.573. The normalized spacial score (nSPS) is 10.5. The molecule has 0 N–H and O–H groups in total. The van der Waals surface area contributed by atoms with E-state index in [1.165, 1.54) is 12.1 Å². The molecule has 0 aliphatic carbocycles. The number of ketones is 1. The van der Waals surface area contributed by atoms with Crippen molar-refractivity contribution in [2.45, 2.75) is 40.0 Å². The number of hydrogen-bond donors (Lipinski definition) is 0. The van der Waals surface area contributed by atoms with Gasteiger partial charge in [-0.3, -0.25) is 4.79 Å². The van der Waals surface area contributed by atoms with Gasteiger partial charge >= 0.3 is 0 Å². The summed E-state index contributed by atoms with van der Waals surface area (Å²) in [6.07, 6.45) is 2.41. The highest BCUT2D eigenvalue weighted by Gasteiger charge is 2.24. The number of benzene rings is 2. The highest BCUT2D eigenvalue weighted by molar-refractivity contribution is 6.12.